The molecule has 0 fully saturated rings. The van der Waals surface area contributed by atoms with Crippen LogP contribution in [0.5, 0.6) is 0 Å². The van der Waals surface area contributed by atoms with E-state index in [2.05, 4.69) is 30.7 Å². The molecule has 0 atom stereocenters. The van der Waals surface area contributed by atoms with Crippen LogP contribution in [-0.4, -0.2) is 4.57 Å². The van der Waals surface area contributed by atoms with Gasteiger partial charge in [0.1, 0.15) is 0 Å². The molecule has 74 valence electrons. The highest BCUT2D eigenvalue weighted by Gasteiger charge is 2.03. The quantitative estimate of drug-likeness (QED) is 0.664. The Balaban J connectivity index is 3.66. The lowest BCUT2D eigenvalue weighted by molar-refractivity contribution is 0.875. The van der Waals surface area contributed by atoms with Crippen molar-refractivity contribution in [2.75, 3.05) is 0 Å². The zero-order valence-electron chi connectivity index (χ0n) is 9.17. The van der Waals surface area contributed by atoms with Gasteiger partial charge in [-0.05, 0) is 36.8 Å². The summed E-state index contributed by atoms with van der Waals surface area (Å²) in [6.45, 7) is 11.9. The van der Waals surface area contributed by atoms with E-state index in [1.165, 1.54) is 11.3 Å². The molecule has 1 aromatic rings. The molecule has 1 aromatic heterocycles. The molecule has 0 saturated heterocycles. The van der Waals surface area contributed by atoms with Crippen LogP contribution in [0.2, 0.25) is 0 Å². The lowest BCUT2D eigenvalue weighted by Crippen LogP contribution is -2.26. The van der Waals surface area contributed by atoms with Crippen molar-refractivity contribution in [2.24, 2.45) is 7.05 Å². The lowest BCUT2D eigenvalue weighted by atomic mass is 10.2. The van der Waals surface area contributed by atoms with Gasteiger partial charge in [0.2, 0.25) is 0 Å². The van der Waals surface area contributed by atoms with Gasteiger partial charge >= 0.3 is 0 Å². The summed E-state index contributed by atoms with van der Waals surface area (Å²) in [5, 5.41) is 2.21. The summed E-state index contributed by atoms with van der Waals surface area (Å²) in [6, 6.07) is 0. The Labute approximate surface area is 85.4 Å². The highest BCUT2D eigenvalue weighted by molar-refractivity contribution is 5.52. The average Bonchev–Trinajstić information content (AvgIpc) is 2.36. The summed E-state index contributed by atoms with van der Waals surface area (Å²) in [4.78, 5) is 0. The van der Waals surface area contributed by atoms with Crippen LogP contribution in [0.3, 0.4) is 0 Å². The van der Waals surface area contributed by atoms with Crippen LogP contribution < -0.4 is 10.6 Å². The van der Waals surface area contributed by atoms with Crippen molar-refractivity contribution in [3.8, 4) is 0 Å². The van der Waals surface area contributed by atoms with Gasteiger partial charge in [0.15, 0.2) is 0 Å². The van der Waals surface area contributed by atoms with E-state index in [4.69, 9.17) is 0 Å². The smallest absolute Gasteiger partial charge is 0.0479 e. The molecule has 0 N–H and O–H groups in total. The molecule has 1 heteroatoms. The first kappa shape index (κ1) is 10.6. The van der Waals surface area contributed by atoms with Gasteiger partial charge in [-0.25, -0.2) is 0 Å². The molecule has 14 heavy (non-hydrogen) atoms. The summed E-state index contributed by atoms with van der Waals surface area (Å²) in [5.74, 6) is 0. The maximum absolute atomic E-state index is 4.07. The second-order valence-corrected chi connectivity index (χ2v) is 3.34. The van der Waals surface area contributed by atoms with Crippen LogP contribution in [0.25, 0.3) is 18.7 Å². The molecular weight excluding hydrogens is 170 g/mol. The van der Waals surface area contributed by atoms with Gasteiger partial charge in [0.25, 0.3) is 0 Å². The number of hydrogen-bond acceptors (Lipinski definition) is 0. The second kappa shape index (κ2) is 4.14. The molecule has 1 nitrogen and oxygen atoms in total. The monoisotopic (exact) mass is 187 g/mol. The third kappa shape index (κ3) is 1.58. The van der Waals surface area contributed by atoms with E-state index >= 15 is 0 Å². The Morgan fingerprint density at radius 1 is 1.36 bits per heavy atom. The molecule has 0 spiro atoms. The number of hydrogen-bond donors (Lipinski definition) is 0. The summed E-state index contributed by atoms with van der Waals surface area (Å²) in [6.07, 6.45) is 7.93. The van der Waals surface area contributed by atoms with Crippen LogP contribution in [-0.2, 0) is 7.05 Å². The Morgan fingerprint density at radius 2 is 2.00 bits per heavy atom. The normalized spacial score (nSPS) is 12.6. The van der Waals surface area contributed by atoms with E-state index < -0.39 is 0 Å². The minimum atomic E-state index is 1.08. The molecule has 0 aliphatic carbocycles. The van der Waals surface area contributed by atoms with Crippen molar-refractivity contribution in [3.05, 3.63) is 40.6 Å². The summed E-state index contributed by atoms with van der Waals surface area (Å²) in [7, 11) is 2.05. The molecule has 0 aliphatic rings. The van der Waals surface area contributed by atoms with Gasteiger partial charge < -0.3 is 4.57 Å². The van der Waals surface area contributed by atoms with E-state index in [1.54, 1.807) is 6.08 Å². The Hall–Kier alpha value is -1.50. The molecule has 1 heterocycles. The molecule has 1 rings (SSSR count). The van der Waals surface area contributed by atoms with Gasteiger partial charge in [0, 0.05) is 18.1 Å². The highest BCUT2D eigenvalue weighted by atomic mass is 14.9. The number of nitrogens with zero attached hydrogens (tertiary/aromatic N) is 1. The molecular formula is C13H17N. The standard InChI is InChI=1S/C13H17N/c1-6-8-12-10(3)11(4)13(9-7-2)14(12)5/h6-9H,1,3H2,2,4-5H3/b9-7-,12-8+. The van der Waals surface area contributed by atoms with Crippen molar-refractivity contribution in [2.45, 2.75) is 13.8 Å². The summed E-state index contributed by atoms with van der Waals surface area (Å²) < 4.78 is 2.14. The third-order valence-electron chi connectivity index (χ3n) is 2.47. The van der Waals surface area contributed by atoms with E-state index in [9.17, 15) is 0 Å². The number of allylic oxidation sites excluding steroid dienone is 2. The van der Waals surface area contributed by atoms with Gasteiger partial charge in [0.05, 0.1) is 0 Å². The van der Waals surface area contributed by atoms with Crippen LogP contribution in [0, 0.1) is 6.92 Å². The van der Waals surface area contributed by atoms with Crippen molar-refractivity contribution in [1.82, 2.24) is 4.57 Å². The average molecular weight is 187 g/mol. The molecule has 0 saturated carbocycles. The second-order valence-electron chi connectivity index (χ2n) is 3.34. The predicted molar refractivity (Wildman–Crippen MR) is 64.3 cm³/mol. The van der Waals surface area contributed by atoms with Crippen LogP contribution in [0.4, 0.5) is 0 Å². The van der Waals surface area contributed by atoms with E-state index in [1.807, 2.05) is 26.1 Å². The molecule has 0 radical (unpaired) electrons. The van der Waals surface area contributed by atoms with Crippen LogP contribution >= 0.6 is 0 Å². The van der Waals surface area contributed by atoms with Crippen LogP contribution in [0.15, 0.2) is 18.7 Å². The highest BCUT2D eigenvalue weighted by Crippen LogP contribution is 2.02. The van der Waals surface area contributed by atoms with Crippen molar-refractivity contribution >= 4 is 18.7 Å². The predicted octanol–water partition coefficient (Wildman–Crippen LogP) is 1.74. The lowest BCUT2D eigenvalue weighted by Gasteiger charge is -1.97. The van der Waals surface area contributed by atoms with Gasteiger partial charge in [-0.1, -0.05) is 25.3 Å². The SMILES string of the molecule is C=C/C=c1\c(=C)c(C)c(/C=C\C)n1C. The van der Waals surface area contributed by atoms with Crippen LogP contribution in [0.1, 0.15) is 18.2 Å². The molecule has 0 aliphatic heterocycles. The fourth-order valence-corrected chi connectivity index (χ4v) is 1.65. The fourth-order valence-electron chi connectivity index (χ4n) is 1.65. The van der Waals surface area contributed by atoms with Gasteiger partial charge in [-0.3, -0.25) is 0 Å². The Morgan fingerprint density at radius 3 is 2.50 bits per heavy atom. The minimum Gasteiger partial charge on any atom is -0.344 e. The van der Waals surface area contributed by atoms with Gasteiger partial charge in [-0.2, -0.15) is 0 Å². The largest absolute Gasteiger partial charge is 0.344 e. The molecule has 0 aromatic carbocycles. The van der Waals surface area contributed by atoms with E-state index in [-0.39, 0.29) is 0 Å². The maximum Gasteiger partial charge on any atom is 0.0479 e. The first-order chi connectivity index (χ1) is 6.63. The minimum absolute atomic E-state index is 1.08. The van der Waals surface area contributed by atoms with E-state index in [0.717, 1.165) is 10.6 Å². The zero-order chi connectivity index (χ0) is 10.7. The first-order valence-electron chi connectivity index (χ1n) is 4.73. The Kier molecular flexibility index (Phi) is 3.13. The van der Waals surface area contributed by atoms with E-state index in [0.29, 0.717) is 0 Å². The third-order valence-corrected chi connectivity index (χ3v) is 2.47. The number of aromatic nitrogens is 1. The molecule has 0 bridgehead atoms. The zero-order valence-corrected chi connectivity index (χ0v) is 9.17. The summed E-state index contributed by atoms with van der Waals surface area (Å²) >= 11 is 0. The van der Waals surface area contributed by atoms with Gasteiger partial charge in [-0.15, -0.1) is 0 Å². The number of rotatable bonds is 2. The van der Waals surface area contributed by atoms with Crippen molar-refractivity contribution in [3.63, 3.8) is 0 Å². The fraction of sp³-hybridized carbons (Fsp3) is 0.231. The summed E-state index contributed by atoms with van der Waals surface area (Å²) in [5.41, 5.74) is 2.45. The van der Waals surface area contributed by atoms with Crippen molar-refractivity contribution in [1.29, 1.82) is 0 Å². The van der Waals surface area contributed by atoms with Crippen molar-refractivity contribution < 1.29 is 0 Å². The molecule has 0 amide bonds. The maximum atomic E-state index is 4.07. The Bertz CT molecular complexity index is 472. The topological polar surface area (TPSA) is 4.93 Å². The first-order valence-corrected chi connectivity index (χ1v) is 4.73. The molecule has 0 unspecified atom stereocenters.